The van der Waals surface area contributed by atoms with Crippen LogP contribution >= 0.6 is 11.8 Å². The van der Waals surface area contributed by atoms with Crippen molar-refractivity contribution in [1.29, 1.82) is 0 Å². The molecule has 0 fully saturated rings. The van der Waals surface area contributed by atoms with Crippen molar-refractivity contribution in [2.45, 2.75) is 17.9 Å². The topological polar surface area (TPSA) is 96.3 Å². The van der Waals surface area contributed by atoms with Gasteiger partial charge in [0.25, 0.3) is 15.9 Å². The standard InChI is InChI=1S/C15H17N3O5S2/c1-9(13(19)17(2)3)23-14(20)10-4-5-11-12(8-10)24-15-16-25(21,22)7-6-18(11)15/h4-5,8-9H,6-7H2,1-3H3/t9-/m0/s1. The predicted molar refractivity (Wildman–Crippen MR) is 94.4 cm³/mol. The number of nitrogens with zero attached hydrogens (tertiary/aromatic N) is 3. The molecule has 1 aromatic carbocycles. The predicted octanol–water partition coefficient (Wildman–Crippen LogP) is 0.932. The molecule has 3 rings (SSSR count). The van der Waals surface area contributed by atoms with Crippen LogP contribution in [-0.2, 0) is 19.6 Å². The molecule has 0 unspecified atom stereocenters. The highest BCUT2D eigenvalue weighted by Gasteiger charge is 2.33. The van der Waals surface area contributed by atoms with Gasteiger partial charge in [-0.1, -0.05) is 0 Å². The number of benzene rings is 1. The molecule has 0 saturated carbocycles. The normalized spacial score (nSPS) is 18.7. The zero-order chi connectivity index (χ0) is 18.4. The molecule has 1 amide bonds. The molecule has 0 N–H and O–H groups in total. The fraction of sp³-hybridized carbons (Fsp3) is 0.400. The average Bonchev–Trinajstić information content (AvgIpc) is 2.88. The van der Waals surface area contributed by atoms with E-state index < -0.39 is 22.1 Å². The molecule has 25 heavy (non-hydrogen) atoms. The zero-order valence-electron chi connectivity index (χ0n) is 13.9. The Morgan fingerprint density at radius 1 is 1.36 bits per heavy atom. The summed E-state index contributed by atoms with van der Waals surface area (Å²) in [6, 6.07) is 4.96. The number of sulfonamides is 1. The highest BCUT2D eigenvalue weighted by molar-refractivity contribution is 8.15. The summed E-state index contributed by atoms with van der Waals surface area (Å²) in [7, 11) is -0.249. The summed E-state index contributed by atoms with van der Waals surface area (Å²) >= 11 is 1.20. The Bertz CT molecular complexity index is 879. The van der Waals surface area contributed by atoms with Crippen molar-refractivity contribution < 1.29 is 22.7 Å². The molecule has 0 aromatic heterocycles. The maximum Gasteiger partial charge on any atom is 0.338 e. The summed E-state index contributed by atoms with van der Waals surface area (Å²) in [5, 5.41) is 0.392. The van der Waals surface area contributed by atoms with E-state index in [-0.39, 0.29) is 11.7 Å². The molecule has 10 heteroatoms. The molecule has 2 heterocycles. The fourth-order valence-corrected chi connectivity index (χ4v) is 4.80. The molecule has 0 saturated heterocycles. The third-order valence-corrected chi connectivity index (χ3v) is 6.09. The minimum absolute atomic E-state index is 0.0372. The number of carbonyl (C=O) groups excluding carboxylic acids is 2. The number of fused-ring (bicyclic) bond motifs is 3. The largest absolute Gasteiger partial charge is 0.449 e. The summed E-state index contributed by atoms with van der Waals surface area (Å²) in [6.45, 7) is 1.85. The van der Waals surface area contributed by atoms with Crippen molar-refractivity contribution in [2.75, 3.05) is 31.3 Å². The number of amides is 1. The van der Waals surface area contributed by atoms with Gasteiger partial charge >= 0.3 is 5.97 Å². The molecule has 1 aromatic rings. The number of anilines is 1. The first-order valence-corrected chi connectivity index (χ1v) is 9.95. The van der Waals surface area contributed by atoms with Crippen LogP contribution in [-0.4, -0.2) is 62.9 Å². The lowest BCUT2D eigenvalue weighted by atomic mass is 10.2. The van der Waals surface area contributed by atoms with E-state index in [4.69, 9.17) is 4.74 Å². The number of ether oxygens (including phenoxy) is 1. The lowest BCUT2D eigenvalue weighted by Gasteiger charge is -2.22. The second kappa shape index (κ2) is 6.34. The molecule has 2 aliphatic heterocycles. The molecule has 2 aliphatic rings. The third kappa shape index (κ3) is 3.49. The summed E-state index contributed by atoms with van der Waals surface area (Å²) in [5.74, 6) is -0.948. The van der Waals surface area contributed by atoms with Gasteiger partial charge in [-0.15, -0.1) is 4.40 Å². The Morgan fingerprint density at radius 2 is 2.08 bits per heavy atom. The summed E-state index contributed by atoms with van der Waals surface area (Å²) in [4.78, 5) is 28.0. The number of rotatable bonds is 3. The van der Waals surface area contributed by atoms with E-state index in [9.17, 15) is 18.0 Å². The molecular formula is C15H17N3O5S2. The second-order valence-electron chi connectivity index (χ2n) is 5.88. The molecule has 0 spiro atoms. The maximum atomic E-state index is 12.3. The van der Waals surface area contributed by atoms with Crippen LogP contribution in [0.5, 0.6) is 0 Å². The quantitative estimate of drug-likeness (QED) is 0.717. The van der Waals surface area contributed by atoms with Crippen LogP contribution in [0.4, 0.5) is 5.69 Å². The average molecular weight is 383 g/mol. The van der Waals surface area contributed by atoms with E-state index in [1.165, 1.54) is 23.6 Å². The van der Waals surface area contributed by atoms with Crippen LogP contribution in [0.3, 0.4) is 0 Å². The van der Waals surface area contributed by atoms with Gasteiger partial charge in [-0.3, -0.25) is 4.79 Å². The Kier molecular flexibility index (Phi) is 4.50. The van der Waals surface area contributed by atoms with Crippen LogP contribution in [0.1, 0.15) is 17.3 Å². The number of likely N-dealkylation sites (N-methyl/N-ethyl adjacent to an activating group) is 1. The Balaban J connectivity index is 1.80. The Morgan fingerprint density at radius 3 is 2.76 bits per heavy atom. The molecular weight excluding hydrogens is 366 g/mol. The van der Waals surface area contributed by atoms with Gasteiger partial charge in [-0.2, -0.15) is 0 Å². The molecule has 134 valence electrons. The Hall–Kier alpha value is -2.07. The third-order valence-electron chi connectivity index (χ3n) is 3.78. The minimum Gasteiger partial charge on any atom is -0.449 e. The van der Waals surface area contributed by atoms with Gasteiger partial charge in [-0.25, -0.2) is 13.2 Å². The minimum atomic E-state index is -3.42. The summed E-state index contributed by atoms with van der Waals surface area (Å²) in [6.07, 6.45) is -0.885. The van der Waals surface area contributed by atoms with Crippen LogP contribution < -0.4 is 4.90 Å². The van der Waals surface area contributed by atoms with E-state index in [2.05, 4.69) is 4.40 Å². The van der Waals surface area contributed by atoms with Crippen molar-refractivity contribution in [3.05, 3.63) is 23.8 Å². The van der Waals surface area contributed by atoms with E-state index in [1.54, 1.807) is 32.3 Å². The number of hydrogen-bond acceptors (Lipinski definition) is 7. The van der Waals surface area contributed by atoms with Crippen LogP contribution in [0, 0.1) is 0 Å². The van der Waals surface area contributed by atoms with Gasteiger partial charge in [0.05, 0.1) is 17.0 Å². The van der Waals surface area contributed by atoms with E-state index >= 15 is 0 Å². The monoisotopic (exact) mass is 383 g/mol. The molecule has 0 aliphatic carbocycles. The van der Waals surface area contributed by atoms with Gasteiger partial charge < -0.3 is 14.5 Å². The lowest BCUT2D eigenvalue weighted by Crippen LogP contribution is -2.35. The van der Waals surface area contributed by atoms with Crippen LogP contribution in [0.2, 0.25) is 0 Å². The van der Waals surface area contributed by atoms with Crippen molar-refractivity contribution >= 4 is 44.5 Å². The van der Waals surface area contributed by atoms with E-state index in [1.807, 2.05) is 4.90 Å². The maximum absolute atomic E-state index is 12.3. The first kappa shape index (κ1) is 17.7. The van der Waals surface area contributed by atoms with Crippen molar-refractivity contribution in [3.8, 4) is 0 Å². The van der Waals surface area contributed by atoms with Gasteiger partial charge in [0, 0.05) is 25.5 Å². The van der Waals surface area contributed by atoms with Crippen LogP contribution in [0.15, 0.2) is 27.5 Å². The highest BCUT2D eigenvalue weighted by atomic mass is 32.2. The second-order valence-corrected chi connectivity index (χ2v) is 8.64. The highest BCUT2D eigenvalue weighted by Crippen LogP contribution is 2.42. The summed E-state index contributed by atoms with van der Waals surface area (Å²) < 4.78 is 32.2. The zero-order valence-corrected chi connectivity index (χ0v) is 15.6. The SMILES string of the molecule is C[C@H](OC(=O)c1ccc2c(c1)SC1=NS(=O)(=O)CCN12)C(=O)N(C)C. The number of carbonyl (C=O) groups is 2. The Labute approximate surface area is 149 Å². The van der Waals surface area contributed by atoms with E-state index in [0.717, 1.165) is 10.6 Å². The molecule has 0 radical (unpaired) electrons. The lowest BCUT2D eigenvalue weighted by molar-refractivity contribution is -0.137. The van der Waals surface area contributed by atoms with Gasteiger partial charge in [-0.05, 0) is 36.9 Å². The summed E-state index contributed by atoms with van der Waals surface area (Å²) in [5.41, 5.74) is 1.11. The number of esters is 1. The first-order chi connectivity index (χ1) is 11.7. The molecule has 0 bridgehead atoms. The van der Waals surface area contributed by atoms with Gasteiger partial charge in [0.15, 0.2) is 11.3 Å². The van der Waals surface area contributed by atoms with Crippen molar-refractivity contribution in [2.24, 2.45) is 4.40 Å². The fourth-order valence-electron chi connectivity index (χ4n) is 2.50. The van der Waals surface area contributed by atoms with Gasteiger partial charge in [0.1, 0.15) is 0 Å². The first-order valence-electron chi connectivity index (χ1n) is 7.52. The van der Waals surface area contributed by atoms with E-state index in [0.29, 0.717) is 17.3 Å². The molecule has 8 nitrogen and oxygen atoms in total. The van der Waals surface area contributed by atoms with Crippen LogP contribution in [0.25, 0.3) is 0 Å². The number of thioether (sulfide) groups is 1. The van der Waals surface area contributed by atoms with Crippen molar-refractivity contribution in [3.63, 3.8) is 0 Å². The number of hydrogen-bond donors (Lipinski definition) is 0. The number of amidine groups is 1. The van der Waals surface area contributed by atoms with Gasteiger partial charge in [0.2, 0.25) is 0 Å². The van der Waals surface area contributed by atoms with Crippen molar-refractivity contribution in [1.82, 2.24) is 4.90 Å². The molecule has 1 atom stereocenters. The smallest absolute Gasteiger partial charge is 0.338 e.